The van der Waals surface area contributed by atoms with Crippen molar-refractivity contribution in [3.05, 3.63) is 137 Å². The van der Waals surface area contributed by atoms with Crippen LogP contribution in [0.15, 0.2) is 126 Å². The van der Waals surface area contributed by atoms with E-state index in [2.05, 4.69) is 0 Å². The van der Waals surface area contributed by atoms with Crippen LogP contribution >= 0.6 is 0 Å². The van der Waals surface area contributed by atoms with Crippen LogP contribution in [-0.2, 0) is 29.1 Å². The van der Waals surface area contributed by atoms with Gasteiger partial charge < -0.3 is 14.4 Å². The lowest BCUT2D eigenvalue weighted by Gasteiger charge is -2.37. The van der Waals surface area contributed by atoms with Gasteiger partial charge >= 0.3 is 11.9 Å². The first-order valence-corrected chi connectivity index (χ1v) is 15.4. The number of aryl methyl sites for hydroxylation is 1. The Morgan fingerprint density at radius 3 is 1.91 bits per heavy atom. The van der Waals surface area contributed by atoms with Crippen molar-refractivity contribution in [1.82, 2.24) is 9.21 Å². The van der Waals surface area contributed by atoms with Crippen molar-refractivity contribution in [2.75, 3.05) is 13.2 Å². The molecular weight excluding hydrogens is 564 g/mol. The molecule has 0 aliphatic carbocycles. The highest BCUT2D eigenvalue weighted by Crippen LogP contribution is 2.42. The van der Waals surface area contributed by atoms with Gasteiger partial charge in [-0.05, 0) is 50.1 Å². The molecule has 2 heterocycles. The van der Waals surface area contributed by atoms with Gasteiger partial charge in [-0.25, -0.2) is 22.3 Å². The Morgan fingerprint density at radius 2 is 1.33 bits per heavy atom. The number of benzene rings is 3. The standard InChI is InChI=1S/C34H32N2O6S/c1-4-41-33(37)31-29-18-12-17-28(25-13-8-6-9-14-25)36(29)30(26-15-10-7-11-16-26)23-35(32(31)34(38)42-5-2)43(39,40)27-21-19-24(3)20-22-27/h6-23,29H,4-5H2,1-3H3. The lowest BCUT2D eigenvalue weighted by Crippen LogP contribution is -2.39. The largest absolute Gasteiger partial charge is 0.463 e. The molecule has 0 saturated carbocycles. The minimum atomic E-state index is -4.44. The first kappa shape index (κ1) is 29.6. The summed E-state index contributed by atoms with van der Waals surface area (Å²) in [7, 11) is -4.44. The Balaban J connectivity index is 1.89. The number of rotatable bonds is 8. The highest BCUT2D eigenvalue weighted by molar-refractivity contribution is 7.89. The molecule has 0 radical (unpaired) electrons. The van der Waals surface area contributed by atoms with Crippen molar-refractivity contribution >= 4 is 33.4 Å². The highest BCUT2D eigenvalue weighted by atomic mass is 32.2. The van der Waals surface area contributed by atoms with Crippen molar-refractivity contribution in [2.45, 2.75) is 31.7 Å². The van der Waals surface area contributed by atoms with E-state index in [1.807, 2.05) is 78.6 Å². The normalized spacial score (nSPS) is 16.6. The summed E-state index contributed by atoms with van der Waals surface area (Å²) < 4.78 is 40.7. The summed E-state index contributed by atoms with van der Waals surface area (Å²) in [6.45, 7) is 5.09. The van der Waals surface area contributed by atoms with E-state index < -0.39 is 33.7 Å². The SMILES string of the molecule is CCOC(=O)C1=C(C(=O)OCC)N(S(=O)(=O)c2ccc(C)cc2)C=C(c2ccccc2)N2C(c3ccccc3)=CC=CC12. The molecule has 0 spiro atoms. The maximum atomic E-state index is 14.5. The van der Waals surface area contributed by atoms with Gasteiger partial charge in [-0.1, -0.05) is 90.5 Å². The number of ether oxygens (including phenoxy) is 2. The minimum absolute atomic E-state index is 0.0138. The smallest absolute Gasteiger partial charge is 0.356 e. The number of nitrogens with zero attached hydrogens (tertiary/aromatic N) is 2. The zero-order valence-electron chi connectivity index (χ0n) is 24.1. The average Bonchev–Trinajstić information content (AvgIpc) is 3.18. The molecule has 220 valence electrons. The molecule has 2 aliphatic heterocycles. The Labute approximate surface area is 251 Å². The van der Waals surface area contributed by atoms with Crippen molar-refractivity contribution < 1.29 is 27.5 Å². The molecule has 0 fully saturated rings. The number of hydrogen-bond acceptors (Lipinski definition) is 7. The van der Waals surface area contributed by atoms with Crippen molar-refractivity contribution in [1.29, 1.82) is 0 Å². The summed E-state index contributed by atoms with van der Waals surface area (Å²) in [5, 5.41) is 0. The fourth-order valence-corrected chi connectivity index (χ4v) is 6.43. The quantitative estimate of drug-likeness (QED) is 0.310. The summed E-state index contributed by atoms with van der Waals surface area (Å²) in [6.07, 6.45) is 6.82. The van der Waals surface area contributed by atoms with E-state index in [1.54, 1.807) is 38.1 Å². The highest BCUT2D eigenvalue weighted by Gasteiger charge is 2.44. The summed E-state index contributed by atoms with van der Waals surface area (Å²) in [5.74, 6) is -1.79. The molecule has 0 amide bonds. The Morgan fingerprint density at radius 1 is 0.767 bits per heavy atom. The van der Waals surface area contributed by atoms with E-state index in [0.717, 1.165) is 15.4 Å². The van der Waals surface area contributed by atoms with Crippen LogP contribution in [0.1, 0.15) is 30.5 Å². The minimum Gasteiger partial charge on any atom is -0.463 e. The molecule has 1 atom stereocenters. The Hall–Kier alpha value is -4.89. The molecule has 0 aromatic heterocycles. The van der Waals surface area contributed by atoms with Crippen molar-refractivity contribution in [3.8, 4) is 0 Å². The van der Waals surface area contributed by atoms with Crippen LogP contribution in [0, 0.1) is 6.92 Å². The number of sulfonamides is 1. The van der Waals surface area contributed by atoms with Gasteiger partial charge in [0.1, 0.15) is 0 Å². The van der Waals surface area contributed by atoms with Gasteiger partial charge in [0.05, 0.1) is 35.4 Å². The molecule has 9 heteroatoms. The number of carbonyl (C=O) groups excluding carboxylic acids is 2. The predicted octanol–water partition coefficient (Wildman–Crippen LogP) is 5.66. The lowest BCUT2D eigenvalue weighted by molar-refractivity contribution is -0.142. The van der Waals surface area contributed by atoms with Gasteiger partial charge in [-0.15, -0.1) is 0 Å². The van der Waals surface area contributed by atoms with Gasteiger partial charge in [-0.2, -0.15) is 0 Å². The molecule has 3 aromatic carbocycles. The maximum absolute atomic E-state index is 14.5. The summed E-state index contributed by atoms with van der Waals surface area (Å²) >= 11 is 0. The van der Waals surface area contributed by atoms with Gasteiger partial charge in [0.2, 0.25) is 0 Å². The molecule has 8 nitrogen and oxygen atoms in total. The van der Waals surface area contributed by atoms with Crippen LogP contribution in [0.5, 0.6) is 0 Å². The molecule has 2 aliphatic rings. The van der Waals surface area contributed by atoms with Crippen LogP contribution in [0.25, 0.3) is 11.4 Å². The fraction of sp³-hybridized carbons (Fsp3) is 0.176. The lowest BCUT2D eigenvalue weighted by atomic mass is 9.95. The fourth-order valence-electron chi connectivity index (χ4n) is 5.08. The average molecular weight is 597 g/mol. The summed E-state index contributed by atoms with van der Waals surface area (Å²) in [4.78, 5) is 29.5. The number of hydrogen-bond donors (Lipinski definition) is 0. The van der Waals surface area contributed by atoms with Crippen LogP contribution in [0.3, 0.4) is 0 Å². The van der Waals surface area contributed by atoms with Crippen LogP contribution in [0.2, 0.25) is 0 Å². The first-order valence-electron chi connectivity index (χ1n) is 14.0. The van der Waals surface area contributed by atoms with E-state index in [0.29, 0.717) is 17.0 Å². The number of allylic oxidation sites excluding steroid dienone is 2. The second-order valence-corrected chi connectivity index (χ2v) is 11.6. The third kappa shape index (κ3) is 5.76. The third-order valence-electron chi connectivity index (χ3n) is 7.04. The third-order valence-corrected chi connectivity index (χ3v) is 8.71. The van der Waals surface area contributed by atoms with E-state index in [4.69, 9.17) is 9.47 Å². The number of esters is 2. The zero-order valence-corrected chi connectivity index (χ0v) is 25.0. The molecule has 3 aromatic rings. The number of fused-ring (bicyclic) bond motifs is 1. The molecule has 0 saturated heterocycles. The van der Waals surface area contributed by atoms with Gasteiger partial charge in [-0.3, -0.25) is 0 Å². The Kier molecular flexibility index (Phi) is 8.63. The second kappa shape index (κ2) is 12.5. The van der Waals surface area contributed by atoms with E-state index in [9.17, 15) is 18.0 Å². The topological polar surface area (TPSA) is 93.2 Å². The van der Waals surface area contributed by atoms with E-state index in [-0.39, 0.29) is 23.7 Å². The summed E-state index contributed by atoms with van der Waals surface area (Å²) in [6, 6.07) is 24.2. The van der Waals surface area contributed by atoms with Gasteiger partial charge in [0.25, 0.3) is 10.0 Å². The first-order chi connectivity index (χ1) is 20.8. The Bertz CT molecular complexity index is 1740. The molecule has 5 rings (SSSR count). The summed E-state index contributed by atoms with van der Waals surface area (Å²) in [5.41, 5.74) is 2.92. The van der Waals surface area contributed by atoms with Crippen molar-refractivity contribution in [2.24, 2.45) is 0 Å². The molecule has 43 heavy (non-hydrogen) atoms. The van der Waals surface area contributed by atoms with E-state index >= 15 is 0 Å². The zero-order chi connectivity index (χ0) is 30.6. The second-order valence-electron chi connectivity index (χ2n) is 9.82. The van der Waals surface area contributed by atoms with Gasteiger partial charge in [0.15, 0.2) is 5.70 Å². The van der Waals surface area contributed by atoms with Crippen LogP contribution in [0.4, 0.5) is 0 Å². The van der Waals surface area contributed by atoms with Gasteiger partial charge in [0, 0.05) is 11.9 Å². The molecule has 1 unspecified atom stereocenters. The van der Waals surface area contributed by atoms with Crippen LogP contribution < -0.4 is 0 Å². The predicted molar refractivity (Wildman–Crippen MR) is 164 cm³/mol. The van der Waals surface area contributed by atoms with Crippen LogP contribution in [-0.4, -0.2) is 48.8 Å². The maximum Gasteiger partial charge on any atom is 0.356 e. The molecule has 0 bridgehead atoms. The number of carbonyl (C=O) groups is 2. The molecule has 0 N–H and O–H groups in total. The van der Waals surface area contributed by atoms with Crippen molar-refractivity contribution in [3.63, 3.8) is 0 Å². The monoisotopic (exact) mass is 596 g/mol. The van der Waals surface area contributed by atoms with E-state index in [1.165, 1.54) is 18.3 Å². The molecular formula is C34H32N2O6S.